The number of para-hydroxylation sites is 3. The molecule has 0 N–H and O–H groups in total. The lowest BCUT2D eigenvalue weighted by Crippen LogP contribution is -2.24. The van der Waals surface area contributed by atoms with E-state index in [-0.39, 0.29) is 5.41 Å². The number of anilines is 3. The van der Waals surface area contributed by atoms with Gasteiger partial charge in [0.05, 0.1) is 46.0 Å². The fourth-order valence-electron chi connectivity index (χ4n) is 6.67. The molecule has 50 heavy (non-hydrogen) atoms. The van der Waals surface area contributed by atoms with E-state index in [2.05, 4.69) is 65.5 Å². The predicted octanol–water partition coefficient (Wildman–Crippen LogP) is 10.9. The summed E-state index contributed by atoms with van der Waals surface area (Å²) in [6, 6.07) is 35.3. The molecule has 8 rings (SSSR count). The number of ether oxygens (including phenoxy) is 1. The summed E-state index contributed by atoms with van der Waals surface area (Å²) in [4.78, 5) is 13.9. The minimum Gasteiger partial charge on any atom is -0.439 e. The first-order chi connectivity index (χ1) is 23.9. The second kappa shape index (κ2) is 11.7. The van der Waals surface area contributed by atoms with Gasteiger partial charge in [-0.2, -0.15) is 13.2 Å². The molecule has 4 aromatic carbocycles. The van der Waals surface area contributed by atoms with Gasteiger partial charge in [-0.25, -0.2) is 9.97 Å². The Morgan fingerprint density at radius 2 is 1.42 bits per heavy atom. The van der Waals surface area contributed by atoms with E-state index in [4.69, 9.17) is 14.7 Å². The smallest absolute Gasteiger partial charge is 0.416 e. The van der Waals surface area contributed by atoms with Gasteiger partial charge < -0.3 is 14.5 Å². The zero-order valence-electron chi connectivity index (χ0n) is 28.0. The summed E-state index contributed by atoms with van der Waals surface area (Å²) in [6.45, 7) is 7.14. The topological polar surface area (TPSA) is 46.4 Å². The maximum absolute atomic E-state index is 13.4. The van der Waals surface area contributed by atoms with Crippen molar-refractivity contribution in [3.8, 4) is 28.7 Å². The molecule has 250 valence electrons. The third kappa shape index (κ3) is 5.58. The van der Waals surface area contributed by atoms with Crippen LogP contribution in [0.2, 0.25) is 0 Å². The average Bonchev–Trinajstić information content (AvgIpc) is 3.62. The number of rotatable bonds is 5. The maximum Gasteiger partial charge on any atom is 0.416 e. The molecule has 0 amide bonds. The third-order valence-corrected chi connectivity index (χ3v) is 9.25. The van der Waals surface area contributed by atoms with Crippen molar-refractivity contribution in [1.29, 1.82) is 0 Å². The van der Waals surface area contributed by atoms with Crippen molar-refractivity contribution in [2.24, 2.45) is 0 Å². The van der Waals surface area contributed by atoms with Gasteiger partial charge >= 0.3 is 6.18 Å². The second-order valence-electron chi connectivity index (χ2n) is 13.7. The first-order valence-electron chi connectivity index (χ1n) is 16.4. The van der Waals surface area contributed by atoms with E-state index in [1.807, 2.05) is 73.9 Å². The lowest BCUT2D eigenvalue weighted by Gasteiger charge is -2.21. The molecule has 0 aliphatic carbocycles. The molecule has 0 bridgehead atoms. The van der Waals surface area contributed by atoms with Gasteiger partial charge in [-0.05, 0) is 71.6 Å². The van der Waals surface area contributed by atoms with Gasteiger partial charge in [-0.3, -0.25) is 4.57 Å². The zero-order chi connectivity index (χ0) is 34.8. The number of halogens is 3. The number of benzene rings is 4. The van der Waals surface area contributed by atoms with Crippen molar-refractivity contribution in [2.45, 2.75) is 32.4 Å². The number of hydrogen-bond acceptors (Lipinski definition) is 5. The summed E-state index contributed by atoms with van der Waals surface area (Å²) in [7, 11) is 2.02. The Kier molecular flexibility index (Phi) is 7.33. The van der Waals surface area contributed by atoms with Gasteiger partial charge in [0.15, 0.2) is 0 Å². The van der Waals surface area contributed by atoms with Gasteiger partial charge in [-0.1, -0.05) is 63.2 Å². The lowest BCUT2D eigenvalue weighted by molar-refractivity contribution is -0.137. The summed E-state index contributed by atoms with van der Waals surface area (Å²) in [5, 5.41) is 2.15. The van der Waals surface area contributed by atoms with Gasteiger partial charge in [0.25, 0.3) is 0 Å². The fourth-order valence-corrected chi connectivity index (χ4v) is 6.67. The molecule has 0 saturated heterocycles. The SMILES string of the molecule is CN1CN(c2cc(Oc3ccc4c5ccccc5n(-c5cc(C(C)(C)C)ccn5)c4c3)nc(-c3ccc(C(F)(F)F)cc3)c2)c2ccccc21. The standard InChI is InChI=1S/C41H34F3N5O/c1-40(2,3)28-19-20-45-38(21-28)49-34-10-6-5-9-31(34)32-18-17-30(24-37(32)49)50-39-23-29(48-25-47(4)35-11-7-8-12-36(35)48)22-33(46-39)26-13-15-27(16-14-26)41(42,43)44/h5-24H,25H2,1-4H3. The molecular weight excluding hydrogens is 635 g/mol. The number of alkyl halides is 3. The first-order valence-corrected chi connectivity index (χ1v) is 16.4. The van der Waals surface area contributed by atoms with E-state index in [9.17, 15) is 13.2 Å². The molecule has 0 fully saturated rings. The molecule has 7 aromatic rings. The minimum atomic E-state index is -4.43. The summed E-state index contributed by atoms with van der Waals surface area (Å²) in [6.07, 6.45) is -2.58. The molecular formula is C41H34F3N5O. The van der Waals surface area contributed by atoms with Crippen molar-refractivity contribution in [1.82, 2.24) is 14.5 Å². The molecule has 6 nitrogen and oxygen atoms in total. The van der Waals surface area contributed by atoms with E-state index >= 15 is 0 Å². The predicted molar refractivity (Wildman–Crippen MR) is 194 cm³/mol. The highest BCUT2D eigenvalue weighted by molar-refractivity contribution is 6.09. The number of fused-ring (bicyclic) bond motifs is 4. The van der Waals surface area contributed by atoms with Crippen LogP contribution in [0.25, 0.3) is 38.9 Å². The number of nitrogens with zero attached hydrogens (tertiary/aromatic N) is 5. The van der Waals surface area contributed by atoms with Gasteiger partial charge in [0.2, 0.25) is 5.88 Å². The second-order valence-corrected chi connectivity index (χ2v) is 13.7. The van der Waals surface area contributed by atoms with Crippen LogP contribution in [0, 0.1) is 0 Å². The van der Waals surface area contributed by atoms with Crippen LogP contribution in [0.15, 0.2) is 121 Å². The van der Waals surface area contributed by atoms with Gasteiger partial charge in [0, 0.05) is 41.7 Å². The molecule has 1 aliphatic rings. The van der Waals surface area contributed by atoms with Crippen LogP contribution in [-0.4, -0.2) is 28.3 Å². The summed E-state index contributed by atoms with van der Waals surface area (Å²) in [5.74, 6) is 1.69. The highest BCUT2D eigenvalue weighted by Gasteiger charge is 2.30. The highest BCUT2D eigenvalue weighted by atomic mass is 19.4. The van der Waals surface area contributed by atoms with Crippen LogP contribution in [0.1, 0.15) is 31.9 Å². The molecule has 0 spiro atoms. The van der Waals surface area contributed by atoms with E-state index in [0.717, 1.165) is 56.8 Å². The molecule has 0 saturated carbocycles. The van der Waals surface area contributed by atoms with Crippen LogP contribution in [-0.2, 0) is 11.6 Å². The maximum atomic E-state index is 13.4. The summed E-state index contributed by atoms with van der Waals surface area (Å²) >= 11 is 0. The Bertz CT molecular complexity index is 2390. The van der Waals surface area contributed by atoms with E-state index in [0.29, 0.717) is 29.6 Å². The molecule has 4 heterocycles. The van der Waals surface area contributed by atoms with Gasteiger partial charge in [0.1, 0.15) is 11.6 Å². The fraction of sp³-hybridized carbons (Fsp3) is 0.171. The summed E-state index contributed by atoms with van der Waals surface area (Å²) in [5.41, 5.74) is 6.30. The Balaban J connectivity index is 1.25. The van der Waals surface area contributed by atoms with Crippen molar-refractivity contribution in [3.63, 3.8) is 0 Å². The van der Waals surface area contributed by atoms with E-state index < -0.39 is 11.7 Å². The van der Waals surface area contributed by atoms with Crippen LogP contribution >= 0.6 is 0 Å². The quantitative estimate of drug-likeness (QED) is 0.183. The van der Waals surface area contributed by atoms with Crippen LogP contribution in [0.5, 0.6) is 11.6 Å². The Hall–Kier alpha value is -5.83. The molecule has 0 unspecified atom stereocenters. The van der Waals surface area contributed by atoms with Crippen LogP contribution in [0.3, 0.4) is 0 Å². The van der Waals surface area contributed by atoms with Crippen LogP contribution in [0.4, 0.5) is 30.2 Å². The van der Waals surface area contributed by atoms with Crippen molar-refractivity contribution < 1.29 is 17.9 Å². The van der Waals surface area contributed by atoms with Crippen molar-refractivity contribution in [2.75, 3.05) is 23.5 Å². The Labute approximate surface area is 288 Å². The van der Waals surface area contributed by atoms with E-state index in [1.54, 1.807) is 0 Å². The molecule has 9 heteroatoms. The molecule has 1 aliphatic heterocycles. The first kappa shape index (κ1) is 31.4. The zero-order valence-corrected chi connectivity index (χ0v) is 28.0. The minimum absolute atomic E-state index is 0.0587. The van der Waals surface area contributed by atoms with E-state index in [1.165, 1.54) is 17.7 Å². The molecule has 3 aromatic heterocycles. The average molecular weight is 670 g/mol. The largest absolute Gasteiger partial charge is 0.439 e. The normalized spacial score (nSPS) is 13.3. The van der Waals surface area contributed by atoms with Crippen LogP contribution < -0.4 is 14.5 Å². The Morgan fingerprint density at radius 3 is 2.18 bits per heavy atom. The van der Waals surface area contributed by atoms with Crippen molar-refractivity contribution in [3.05, 3.63) is 133 Å². The van der Waals surface area contributed by atoms with Crippen molar-refractivity contribution >= 4 is 38.9 Å². The number of pyridine rings is 2. The number of aromatic nitrogens is 3. The Morgan fingerprint density at radius 1 is 0.700 bits per heavy atom. The molecule has 0 radical (unpaired) electrons. The third-order valence-electron chi connectivity index (χ3n) is 9.25. The monoisotopic (exact) mass is 669 g/mol. The molecule has 0 atom stereocenters. The number of hydrogen-bond donors (Lipinski definition) is 0. The highest BCUT2D eigenvalue weighted by Crippen LogP contribution is 2.42. The summed E-state index contributed by atoms with van der Waals surface area (Å²) < 4.78 is 48.9. The van der Waals surface area contributed by atoms with Gasteiger partial charge in [-0.15, -0.1) is 0 Å². The lowest BCUT2D eigenvalue weighted by atomic mass is 9.88.